The van der Waals surface area contributed by atoms with Crippen molar-refractivity contribution in [2.45, 2.75) is 225 Å². The molecule has 0 aromatic rings. The third-order valence-corrected chi connectivity index (χ3v) is 12.0. The SMILES string of the molecule is CCCCC/C=C\C/C=C\C/C=C\C/C=C\C/C=C\CCC(=O)OC[C@H](COP(=O)([O-])OCC[N+](C)(C)C)OC(=O)CCCCCCCCCCCCCCCCCCCCCCC. The Hall–Kier alpha value is -2.29. The molecular formula is C54H98NO8P. The van der Waals surface area contributed by atoms with Gasteiger partial charge in [0, 0.05) is 12.8 Å². The summed E-state index contributed by atoms with van der Waals surface area (Å²) in [6.07, 6.45) is 57.0. The lowest BCUT2D eigenvalue weighted by Crippen LogP contribution is -2.37. The van der Waals surface area contributed by atoms with Crippen LogP contribution in [0.3, 0.4) is 0 Å². The quantitative estimate of drug-likeness (QED) is 0.0195. The number of nitrogens with zero attached hydrogens (tertiary/aromatic N) is 1. The number of carbonyl (C=O) groups is 2. The number of esters is 2. The molecule has 0 saturated heterocycles. The molecule has 64 heavy (non-hydrogen) atoms. The molecule has 2 atom stereocenters. The molecule has 0 aliphatic rings. The molecule has 0 aromatic heterocycles. The molecule has 0 aliphatic carbocycles. The van der Waals surface area contributed by atoms with Gasteiger partial charge in [0.15, 0.2) is 6.10 Å². The number of allylic oxidation sites excluding steroid dienone is 10. The summed E-state index contributed by atoms with van der Waals surface area (Å²) in [5.41, 5.74) is 0. The Morgan fingerprint density at radius 1 is 0.484 bits per heavy atom. The van der Waals surface area contributed by atoms with Gasteiger partial charge in [0.05, 0.1) is 27.7 Å². The molecule has 0 bridgehead atoms. The molecule has 0 N–H and O–H groups in total. The molecule has 0 rings (SSSR count). The van der Waals surface area contributed by atoms with E-state index in [-0.39, 0.29) is 26.1 Å². The highest BCUT2D eigenvalue weighted by Crippen LogP contribution is 2.38. The minimum Gasteiger partial charge on any atom is -0.756 e. The highest BCUT2D eigenvalue weighted by Gasteiger charge is 2.21. The topological polar surface area (TPSA) is 111 Å². The van der Waals surface area contributed by atoms with Crippen molar-refractivity contribution in [2.75, 3.05) is 47.5 Å². The van der Waals surface area contributed by atoms with Gasteiger partial charge in [-0.2, -0.15) is 0 Å². The number of phosphoric ester groups is 1. The van der Waals surface area contributed by atoms with Gasteiger partial charge in [-0.05, 0) is 51.4 Å². The molecule has 10 heteroatoms. The summed E-state index contributed by atoms with van der Waals surface area (Å²) < 4.78 is 34.0. The first-order valence-electron chi connectivity index (χ1n) is 26.0. The van der Waals surface area contributed by atoms with E-state index in [2.05, 4.69) is 62.5 Å². The number of rotatable bonds is 47. The van der Waals surface area contributed by atoms with Crippen molar-refractivity contribution in [1.29, 1.82) is 0 Å². The standard InChI is InChI=1S/C54H98NO8P/c1-6-8-10-12-14-16-18-20-22-24-26-27-29-31-33-35-37-39-41-43-45-47-54(57)63-52(51-62-64(58,59)61-49-48-55(3,4)5)50-60-53(56)46-44-42-40-38-36-34-32-30-28-25-23-21-19-17-15-13-11-9-7-2/h15,17,21,23,28,30,34,36,40,42,52H,6-14,16,18-20,22,24-27,29,31-33,35,37-39,41,43-51H2,1-5H3/b17-15-,23-21-,30-28-,36-34-,42-40-/t52-/m1/s1. The fraction of sp³-hybridized carbons (Fsp3) is 0.778. The van der Waals surface area contributed by atoms with Gasteiger partial charge >= 0.3 is 11.9 Å². The summed E-state index contributed by atoms with van der Waals surface area (Å²) in [5.74, 6) is -0.925. The van der Waals surface area contributed by atoms with Crippen molar-refractivity contribution in [3.8, 4) is 0 Å². The second-order valence-electron chi connectivity index (χ2n) is 18.5. The van der Waals surface area contributed by atoms with Crippen LogP contribution in [0.4, 0.5) is 0 Å². The van der Waals surface area contributed by atoms with Crippen LogP contribution in [0.25, 0.3) is 0 Å². The monoisotopic (exact) mass is 920 g/mol. The maximum atomic E-state index is 12.7. The summed E-state index contributed by atoms with van der Waals surface area (Å²) in [5, 5.41) is 0. The normalized spacial score (nSPS) is 13.9. The van der Waals surface area contributed by atoms with Crippen molar-refractivity contribution in [2.24, 2.45) is 0 Å². The molecule has 372 valence electrons. The van der Waals surface area contributed by atoms with E-state index in [4.69, 9.17) is 18.5 Å². The van der Waals surface area contributed by atoms with E-state index in [1.54, 1.807) is 0 Å². The number of hydrogen-bond acceptors (Lipinski definition) is 8. The minimum absolute atomic E-state index is 0.0425. The number of ether oxygens (including phenoxy) is 2. The van der Waals surface area contributed by atoms with E-state index < -0.39 is 32.5 Å². The average molecular weight is 920 g/mol. The zero-order valence-corrected chi connectivity index (χ0v) is 42.9. The highest BCUT2D eigenvalue weighted by atomic mass is 31.2. The van der Waals surface area contributed by atoms with Crippen LogP contribution in [-0.2, 0) is 32.7 Å². The van der Waals surface area contributed by atoms with Crippen LogP contribution in [0.15, 0.2) is 60.8 Å². The first-order chi connectivity index (χ1) is 31.0. The van der Waals surface area contributed by atoms with Crippen LogP contribution >= 0.6 is 7.82 Å². The number of unbranched alkanes of at least 4 members (excludes halogenated alkanes) is 23. The second-order valence-corrected chi connectivity index (χ2v) is 20.0. The third-order valence-electron chi connectivity index (χ3n) is 11.1. The van der Waals surface area contributed by atoms with Gasteiger partial charge in [0.1, 0.15) is 19.8 Å². The lowest BCUT2D eigenvalue weighted by molar-refractivity contribution is -0.870. The molecule has 1 unspecified atom stereocenters. The predicted molar refractivity (Wildman–Crippen MR) is 268 cm³/mol. The molecule has 9 nitrogen and oxygen atoms in total. The molecular weight excluding hydrogens is 822 g/mol. The molecule has 0 spiro atoms. The van der Waals surface area contributed by atoms with Gasteiger partial charge in [-0.3, -0.25) is 14.2 Å². The molecule has 0 heterocycles. The van der Waals surface area contributed by atoms with Crippen LogP contribution in [0.2, 0.25) is 0 Å². The van der Waals surface area contributed by atoms with Crippen LogP contribution in [-0.4, -0.2) is 70.0 Å². The Balaban J connectivity index is 4.33. The lowest BCUT2D eigenvalue weighted by Gasteiger charge is -2.28. The maximum absolute atomic E-state index is 12.7. The Morgan fingerprint density at radius 2 is 0.875 bits per heavy atom. The summed E-state index contributed by atoms with van der Waals surface area (Å²) in [6.45, 7) is 4.14. The number of quaternary nitrogens is 1. The van der Waals surface area contributed by atoms with E-state index in [0.717, 1.165) is 44.9 Å². The fourth-order valence-corrected chi connectivity index (χ4v) is 7.72. The Bertz CT molecular complexity index is 1270. The lowest BCUT2D eigenvalue weighted by atomic mass is 10.0. The minimum atomic E-state index is -4.65. The Morgan fingerprint density at radius 3 is 1.31 bits per heavy atom. The number of phosphoric acid groups is 1. The molecule has 0 aromatic carbocycles. The number of carbonyl (C=O) groups excluding carboxylic acids is 2. The summed E-state index contributed by atoms with van der Waals surface area (Å²) >= 11 is 0. The van der Waals surface area contributed by atoms with Gasteiger partial charge < -0.3 is 27.9 Å². The number of hydrogen-bond donors (Lipinski definition) is 0. The average Bonchev–Trinajstić information content (AvgIpc) is 3.25. The van der Waals surface area contributed by atoms with Gasteiger partial charge in [-0.25, -0.2) is 0 Å². The number of likely N-dealkylation sites (N-methyl/N-ethyl adjacent to an activating group) is 1. The molecule has 0 amide bonds. The van der Waals surface area contributed by atoms with Crippen molar-refractivity contribution in [3.05, 3.63) is 60.8 Å². The highest BCUT2D eigenvalue weighted by molar-refractivity contribution is 7.45. The van der Waals surface area contributed by atoms with Crippen molar-refractivity contribution in [3.63, 3.8) is 0 Å². The summed E-state index contributed by atoms with van der Waals surface area (Å²) in [6, 6.07) is 0. The second kappa shape index (κ2) is 45.8. The van der Waals surface area contributed by atoms with Gasteiger partial charge in [-0.15, -0.1) is 0 Å². The van der Waals surface area contributed by atoms with Crippen LogP contribution < -0.4 is 4.89 Å². The van der Waals surface area contributed by atoms with E-state index in [9.17, 15) is 19.0 Å². The zero-order chi connectivity index (χ0) is 47.1. The molecule has 0 saturated carbocycles. The van der Waals surface area contributed by atoms with Crippen LogP contribution in [0, 0.1) is 0 Å². The van der Waals surface area contributed by atoms with Gasteiger partial charge in [-0.1, -0.05) is 216 Å². The fourth-order valence-electron chi connectivity index (χ4n) is 6.99. The summed E-state index contributed by atoms with van der Waals surface area (Å²) in [4.78, 5) is 37.7. The van der Waals surface area contributed by atoms with Crippen LogP contribution in [0.1, 0.15) is 219 Å². The molecule has 0 fully saturated rings. The first-order valence-corrected chi connectivity index (χ1v) is 27.5. The third kappa shape index (κ3) is 49.2. The van der Waals surface area contributed by atoms with E-state index >= 15 is 0 Å². The Kier molecular flexibility index (Phi) is 44.2. The molecule has 0 aliphatic heterocycles. The van der Waals surface area contributed by atoms with Crippen LogP contribution in [0.5, 0.6) is 0 Å². The van der Waals surface area contributed by atoms with Crippen molar-refractivity contribution < 1.29 is 42.1 Å². The molecule has 0 radical (unpaired) electrons. The first kappa shape index (κ1) is 61.7. The van der Waals surface area contributed by atoms with E-state index in [1.165, 1.54) is 135 Å². The van der Waals surface area contributed by atoms with E-state index in [0.29, 0.717) is 23.9 Å². The van der Waals surface area contributed by atoms with Crippen molar-refractivity contribution >= 4 is 19.8 Å². The zero-order valence-electron chi connectivity index (χ0n) is 42.0. The maximum Gasteiger partial charge on any atom is 0.306 e. The van der Waals surface area contributed by atoms with Crippen molar-refractivity contribution in [1.82, 2.24) is 0 Å². The van der Waals surface area contributed by atoms with Gasteiger partial charge in [0.25, 0.3) is 7.82 Å². The Labute approximate surface area is 394 Å². The smallest absolute Gasteiger partial charge is 0.306 e. The van der Waals surface area contributed by atoms with Gasteiger partial charge in [0.2, 0.25) is 0 Å². The van der Waals surface area contributed by atoms with E-state index in [1.807, 2.05) is 33.3 Å². The predicted octanol–water partition coefficient (Wildman–Crippen LogP) is 15.0. The summed E-state index contributed by atoms with van der Waals surface area (Å²) in [7, 11) is 1.13. The largest absolute Gasteiger partial charge is 0.756 e.